The third-order valence-corrected chi connectivity index (χ3v) is 5.87. The Balaban J connectivity index is 1.68. The van der Waals surface area contributed by atoms with Gasteiger partial charge >= 0.3 is 12.4 Å². The quantitative estimate of drug-likeness (QED) is 0.743. The second-order valence-corrected chi connectivity index (χ2v) is 7.67. The summed E-state index contributed by atoms with van der Waals surface area (Å²) >= 11 is 0. The van der Waals surface area contributed by atoms with Crippen LogP contribution in [0.1, 0.15) is 39.0 Å². The molecule has 0 aromatic carbocycles. The number of aliphatic hydroxyl groups is 1. The van der Waals surface area contributed by atoms with E-state index in [2.05, 4.69) is 4.98 Å². The van der Waals surface area contributed by atoms with Gasteiger partial charge < -0.3 is 14.7 Å². The van der Waals surface area contributed by atoms with E-state index in [4.69, 9.17) is 4.74 Å². The van der Waals surface area contributed by atoms with Gasteiger partial charge in [-0.25, -0.2) is 4.98 Å². The van der Waals surface area contributed by atoms with Crippen molar-refractivity contribution >= 4 is 11.6 Å². The third kappa shape index (κ3) is 4.01. The molecule has 162 valence electrons. The van der Waals surface area contributed by atoms with E-state index in [1.54, 1.807) is 0 Å². The van der Waals surface area contributed by atoms with Crippen LogP contribution in [0.3, 0.4) is 0 Å². The van der Waals surface area contributed by atoms with Gasteiger partial charge in [-0.2, -0.15) is 26.3 Å². The molecule has 5 nitrogen and oxygen atoms in total. The molecule has 0 radical (unpaired) electrons. The van der Waals surface area contributed by atoms with Crippen molar-refractivity contribution in [1.29, 1.82) is 0 Å². The Morgan fingerprint density at radius 2 is 1.72 bits per heavy atom. The second-order valence-electron chi connectivity index (χ2n) is 7.67. The van der Waals surface area contributed by atoms with E-state index in [9.17, 15) is 36.2 Å². The summed E-state index contributed by atoms with van der Waals surface area (Å²) in [5.74, 6) is -0.617. The average molecular weight is 426 g/mol. The summed E-state index contributed by atoms with van der Waals surface area (Å²) < 4.78 is 81.4. The highest BCUT2D eigenvalue weighted by atomic mass is 19.4. The Kier molecular flexibility index (Phi) is 5.25. The lowest BCUT2D eigenvalue weighted by Crippen LogP contribution is -2.51. The van der Waals surface area contributed by atoms with Crippen molar-refractivity contribution in [1.82, 2.24) is 4.98 Å². The number of nitrogens with zero attached hydrogens (tertiary/aromatic N) is 2. The van der Waals surface area contributed by atoms with Crippen molar-refractivity contribution in [3.8, 4) is 5.88 Å². The van der Waals surface area contributed by atoms with Crippen LogP contribution < -0.4 is 9.64 Å². The molecule has 2 aliphatic rings. The van der Waals surface area contributed by atoms with E-state index in [0.29, 0.717) is 12.1 Å². The number of aromatic nitrogens is 1. The monoisotopic (exact) mass is 426 g/mol. The van der Waals surface area contributed by atoms with Crippen LogP contribution in [-0.2, 0) is 4.79 Å². The molecule has 1 saturated heterocycles. The maximum Gasteiger partial charge on any atom is 0.425 e. The van der Waals surface area contributed by atoms with E-state index < -0.39 is 42.3 Å². The van der Waals surface area contributed by atoms with Gasteiger partial charge in [0.25, 0.3) is 0 Å². The molecular weight excluding hydrogens is 406 g/mol. The molecule has 1 aromatic heterocycles. The van der Waals surface area contributed by atoms with Gasteiger partial charge in [0.1, 0.15) is 0 Å². The average Bonchev–Trinajstić information content (AvgIpc) is 2.93. The number of alkyl halides is 6. The van der Waals surface area contributed by atoms with Gasteiger partial charge in [-0.3, -0.25) is 4.79 Å². The third-order valence-electron chi connectivity index (χ3n) is 5.87. The summed E-state index contributed by atoms with van der Waals surface area (Å²) in [7, 11) is 0. The van der Waals surface area contributed by atoms with Crippen LogP contribution in [0.5, 0.6) is 5.88 Å². The summed E-state index contributed by atoms with van der Waals surface area (Å²) in [6.07, 6.45) is -11.1. The van der Waals surface area contributed by atoms with Crippen LogP contribution in [0.15, 0.2) is 18.3 Å². The van der Waals surface area contributed by atoms with E-state index in [1.165, 1.54) is 23.2 Å². The first-order chi connectivity index (χ1) is 13.3. The maximum absolute atomic E-state index is 13.0. The summed E-state index contributed by atoms with van der Waals surface area (Å²) in [5, 5.41) is 9.83. The van der Waals surface area contributed by atoms with E-state index in [0.717, 1.165) is 6.92 Å². The zero-order valence-corrected chi connectivity index (χ0v) is 15.5. The molecule has 0 bridgehead atoms. The lowest BCUT2D eigenvalue weighted by Gasteiger charge is -2.41. The summed E-state index contributed by atoms with van der Waals surface area (Å²) in [6.45, 7) is 1.10. The van der Waals surface area contributed by atoms with Crippen molar-refractivity contribution < 1.29 is 41.0 Å². The number of ether oxygens (including phenoxy) is 1. The van der Waals surface area contributed by atoms with Gasteiger partial charge in [0.05, 0.1) is 17.3 Å². The predicted octanol–water partition coefficient (Wildman–Crippen LogP) is 4.00. The Labute approximate surface area is 162 Å². The van der Waals surface area contributed by atoms with Crippen molar-refractivity contribution in [2.24, 2.45) is 5.41 Å². The number of rotatable bonds is 3. The van der Waals surface area contributed by atoms with Crippen LogP contribution >= 0.6 is 0 Å². The molecule has 1 amide bonds. The number of carbonyl (C=O) groups excluding carboxylic acids is 1. The first kappa shape index (κ1) is 21.7. The molecule has 0 unspecified atom stereocenters. The minimum Gasteiger partial charge on any atom is -0.465 e. The van der Waals surface area contributed by atoms with Gasteiger partial charge in [-0.1, -0.05) is 0 Å². The van der Waals surface area contributed by atoms with Crippen LogP contribution in [-0.4, -0.2) is 46.6 Å². The smallest absolute Gasteiger partial charge is 0.425 e. The predicted molar refractivity (Wildman–Crippen MR) is 89.3 cm³/mol. The minimum atomic E-state index is -4.75. The van der Waals surface area contributed by atoms with Gasteiger partial charge in [0, 0.05) is 12.6 Å². The Hall–Kier alpha value is -2.04. The van der Waals surface area contributed by atoms with Crippen LogP contribution in [0.2, 0.25) is 0 Å². The highest BCUT2D eigenvalue weighted by Crippen LogP contribution is 2.52. The number of anilines is 1. The summed E-state index contributed by atoms with van der Waals surface area (Å²) in [5.41, 5.74) is -3.42. The van der Waals surface area contributed by atoms with Gasteiger partial charge in [0.2, 0.25) is 11.8 Å². The van der Waals surface area contributed by atoms with Crippen LogP contribution in [0.25, 0.3) is 0 Å². The summed E-state index contributed by atoms with van der Waals surface area (Å²) in [6, 6.07) is 2.59. The highest BCUT2D eigenvalue weighted by molar-refractivity contribution is 5.99. The molecule has 1 aromatic rings. The normalized spacial score (nSPS) is 29.4. The van der Waals surface area contributed by atoms with Crippen LogP contribution in [0.4, 0.5) is 32.0 Å². The van der Waals surface area contributed by atoms with Gasteiger partial charge in [-0.05, 0) is 45.1 Å². The molecule has 11 heteroatoms. The molecule has 1 aliphatic heterocycles. The number of halogens is 6. The lowest BCUT2D eigenvalue weighted by molar-refractivity contribution is -0.274. The fraction of sp³-hybridized carbons (Fsp3) is 0.667. The standard InChI is InChI=1S/C18H20F6N2O3/c1-11(17(19,20)21)29-13-3-2-12(10-25-13)26-9-8-15(14(26)27)4-6-16(28,7-5-15)18(22,23)24/h2-3,10-11,28H,4-9H2,1H3/t11-,15-,16+/m1/s1. The molecule has 3 rings (SSSR count). The molecule has 1 N–H and O–H groups in total. The fourth-order valence-electron chi connectivity index (χ4n) is 3.81. The van der Waals surface area contributed by atoms with Gasteiger partial charge in [-0.15, -0.1) is 0 Å². The minimum absolute atomic E-state index is 0.0872. The Morgan fingerprint density at radius 3 is 2.21 bits per heavy atom. The number of pyridine rings is 1. The van der Waals surface area contributed by atoms with E-state index >= 15 is 0 Å². The largest absolute Gasteiger partial charge is 0.465 e. The topological polar surface area (TPSA) is 62.7 Å². The second kappa shape index (κ2) is 7.03. The Morgan fingerprint density at radius 1 is 1.10 bits per heavy atom. The molecule has 1 aliphatic carbocycles. The number of carbonyl (C=O) groups is 1. The van der Waals surface area contributed by atoms with E-state index in [-0.39, 0.29) is 31.2 Å². The van der Waals surface area contributed by atoms with Crippen molar-refractivity contribution in [2.45, 2.75) is 63.1 Å². The number of hydrogen-bond acceptors (Lipinski definition) is 4. The zero-order chi connectivity index (χ0) is 21.7. The molecule has 2 heterocycles. The number of amides is 1. The highest BCUT2D eigenvalue weighted by Gasteiger charge is 2.60. The Bertz CT molecular complexity index is 754. The van der Waals surface area contributed by atoms with Crippen molar-refractivity contribution in [2.75, 3.05) is 11.4 Å². The SMILES string of the molecule is C[C@@H](Oc1ccc(N2CC[C@]3(CC[C@@](O)(C(F)(F)F)CC3)C2=O)cn1)C(F)(F)F. The number of hydrogen-bond donors (Lipinski definition) is 1. The first-order valence-corrected chi connectivity index (χ1v) is 9.08. The van der Waals surface area contributed by atoms with Crippen molar-refractivity contribution in [3.05, 3.63) is 18.3 Å². The zero-order valence-electron chi connectivity index (χ0n) is 15.5. The van der Waals surface area contributed by atoms with Gasteiger partial charge in [0.15, 0.2) is 11.7 Å². The summed E-state index contributed by atoms with van der Waals surface area (Å²) in [4.78, 5) is 18.1. The molecular formula is C18H20F6N2O3. The molecule has 2 fully saturated rings. The first-order valence-electron chi connectivity index (χ1n) is 9.08. The lowest BCUT2D eigenvalue weighted by atomic mass is 9.67. The molecule has 1 saturated carbocycles. The fourth-order valence-corrected chi connectivity index (χ4v) is 3.81. The van der Waals surface area contributed by atoms with Crippen molar-refractivity contribution in [3.63, 3.8) is 0 Å². The maximum atomic E-state index is 13.0. The molecule has 1 atom stereocenters. The van der Waals surface area contributed by atoms with E-state index in [1.807, 2.05) is 0 Å². The molecule has 1 spiro atoms. The molecule has 29 heavy (non-hydrogen) atoms. The van der Waals surface area contributed by atoms with Crippen LogP contribution in [0, 0.1) is 5.41 Å².